The van der Waals surface area contributed by atoms with Gasteiger partial charge in [0.15, 0.2) is 6.29 Å². The van der Waals surface area contributed by atoms with Crippen molar-refractivity contribution in [1.29, 1.82) is 0 Å². The molecule has 0 aromatic heterocycles. The summed E-state index contributed by atoms with van der Waals surface area (Å²) < 4.78 is 21.0. The van der Waals surface area contributed by atoms with E-state index in [0.717, 1.165) is 66.1 Å². The lowest BCUT2D eigenvalue weighted by Gasteiger charge is -2.34. The van der Waals surface area contributed by atoms with E-state index in [1.54, 1.807) is 6.07 Å². The van der Waals surface area contributed by atoms with Crippen LogP contribution in [-0.2, 0) is 24.6 Å². The van der Waals surface area contributed by atoms with Gasteiger partial charge in [-0.15, -0.1) is 0 Å². The molecule has 0 spiro atoms. The first-order valence-corrected chi connectivity index (χ1v) is 16.4. The van der Waals surface area contributed by atoms with Gasteiger partial charge in [0.1, 0.15) is 18.2 Å². The Balaban J connectivity index is 1.69. The van der Waals surface area contributed by atoms with E-state index in [1.165, 1.54) is 28.8 Å². The molecule has 0 heterocycles. The fraction of sp³-hybridized carbons (Fsp3) is 0.225. The largest absolute Gasteiger partial charge is 0.488 e. The predicted molar refractivity (Wildman–Crippen MR) is 182 cm³/mol. The average Bonchev–Trinajstić information content (AvgIpc) is 3.05. The number of carbonyl (C=O) groups is 1. The van der Waals surface area contributed by atoms with Gasteiger partial charge in [-0.3, -0.25) is 4.79 Å². The predicted octanol–water partition coefficient (Wildman–Crippen LogP) is 9.81. The van der Waals surface area contributed by atoms with Gasteiger partial charge in [0, 0.05) is 22.7 Å². The molecule has 2 nitrogen and oxygen atoms in total. The molecule has 0 saturated heterocycles. The average molecular weight is 603 g/mol. The van der Waals surface area contributed by atoms with E-state index in [9.17, 15) is 9.18 Å². The van der Waals surface area contributed by atoms with Crippen molar-refractivity contribution in [2.75, 3.05) is 0 Å². The quantitative estimate of drug-likeness (QED) is 0.0934. The maximum Gasteiger partial charge on any atom is 0.150 e. The number of ether oxygens (including phenoxy) is 1. The fourth-order valence-electron chi connectivity index (χ4n) is 5.78. The van der Waals surface area contributed by atoms with Crippen LogP contribution >= 0.6 is 8.58 Å². The Hall–Kier alpha value is -4.07. The summed E-state index contributed by atoms with van der Waals surface area (Å²) in [6.07, 6.45) is 5.31. The third-order valence-electron chi connectivity index (χ3n) is 8.12. The zero-order valence-corrected chi connectivity index (χ0v) is 26.6. The molecule has 0 bridgehead atoms. The summed E-state index contributed by atoms with van der Waals surface area (Å²) in [5.74, 6) is 0.521. The molecule has 0 N–H and O–H groups in total. The monoisotopic (exact) mass is 602 g/mol. The highest BCUT2D eigenvalue weighted by molar-refractivity contribution is 7.48. The Morgan fingerprint density at radius 3 is 1.98 bits per heavy atom. The van der Waals surface area contributed by atoms with Crippen LogP contribution < -0.4 is 10.0 Å². The van der Waals surface area contributed by atoms with E-state index in [2.05, 4.69) is 86.6 Å². The van der Waals surface area contributed by atoms with Crippen LogP contribution in [0.4, 0.5) is 4.39 Å². The Labute approximate surface area is 263 Å². The lowest BCUT2D eigenvalue weighted by molar-refractivity contribution is 0.112. The minimum Gasteiger partial charge on any atom is -0.488 e. The van der Waals surface area contributed by atoms with E-state index >= 15 is 0 Å². The van der Waals surface area contributed by atoms with Gasteiger partial charge in [0.05, 0.1) is 0 Å². The molecule has 0 fully saturated rings. The molecule has 5 aromatic carbocycles. The molecule has 224 valence electrons. The fourth-order valence-corrected chi connectivity index (χ4v) is 7.44. The number of hydrogen-bond donors (Lipinski definition) is 0. The maximum atomic E-state index is 14.2. The standard InChI is InChI=1S/C40H40FO2P/c1-3-4-22-40(2,44-38-21-20-36(41)27-35(38)28-42)37-26-33(23-30-14-8-5-9-15-30)25-34(24-31-16-10-6-11-17-31)39(37)43-29-32-18-12-7-13-19-32/h5-21,25-28,44H,3-4,22-24,29H2,1-2H3. The highest BCUT2D eigenvalue weighted by atomic mass is 31.1. The van der Waals surface area contributed by atoms with Crippen molar-refractivity contribution in [3.8, 4) is 5.75 Å². The van der Waals surface area contributed by atoms with Crippen LogP contribution in [0.1, 0.15) is 76.8 Å². The zero-order valence-electron chi connectivity index (χ0n) is 25.6. The van der Waals surface area contributed by atoms with Crippen molar-refractivity contribution < 1.29 is 13.9 Å². The van der Waals surface area contributed by atoms with Gasteiger partial charge < -0.3 is 4.74 Å². The number of rotatable bonds is 14. The molecule has 2 unspecified atom stereocenters. The van der Waals surface area contributed by atoms with Crippen molar-refractivity contribution in [2.45, 2.75) is 57.7 Å². The summed E-state index contributed by atoms with van der Waals surface area (Å²) >= 11 is 0. The van der Waals surface area contributed by atoms with Crippen molar-refractivity contribution in [3.63, 3.8) is 0 Å². The van der Waals surface area contributed by atoms with Gasteiger partial charge in [-0.1, -0.05) is 144 Å². The van der Waals surface area contributed by atoms with E-state index in [0.29, 0.717) is 12.2 Å². The number of hydrogen-bond acceptors (Lipinski definition) is 2. The van der Waals surface area contributed by atoms with Gasteiger partial charge in [-0.05, 0) is 58.1 Å². The number of carbonyl (C=O) groups excluding carboxylic acids is 1. The normalized spacial score (nSPS) is 12.7. The second-order valence-corrected chi connectivity index (χ2v) is 13.5. The van der Waals surface area contributed by atoms with Crippen LogP contribution in [0.5, 0.6) is 5.75 Å². The molecular formula is C40H40FO2P. The summed E-state index contributed by atoms with van der Waals surface area (Å²) in [5, 5.41) is 0.544. The third-order valence-corrected chi connectivity index (χ3v) is 9.91. The van der Waals surface area contributed by atoms with Gasteiger partial charge in [-0.25, -0.2) is 4.39 Å². The Bertz CT molecular complexity index is 1650. The van der Waals surface area contributed by atoms with E-state index in [4.69, 9.17) is 4.74 Å². The first-order valence-electron chi connectivity index (χ1n) is 15.4. The lowest BCUT2D eigenvalue weighted by Crippen LogP contribution is -2.23. The summed E-state index contributed by atoms with van der Waals surface area (Å²) in [7, 11) is 0.256. The molecule has 0 aliphatic heterocycles. The van der Waals surface area contributed by atoms with Crippen molar-refractivity contribution in [1.82, 2.24) is 0 Å². The molecule has 0 saturated carbocycles. The number of benzene rings is 5. The summed E-state index contributed by atoms with van der Waals surface area (Å²) in [6, 6.07) is 40.6. The zero-order chi connectivity index (χ0) is 30.8. The number of halogens is 1. The van der Waals surface area contributed by atoms with Crippen LogP contribution in [0, 0.1) is 5.82 Å². The number of aldehydes is 1. The minimum absolute atomic E-state index is 0.256. The van der Waals surface area contributed by atoms with Gasteiger partial charge in [0.25, 0.3) is 0 Å². The van der Waals surface area contributed by atoms with E-state index in [-0.39, 0.29) is 13.7 Å². The minimum atomic E-state index is -0.391. The summed E-state index contributed by atoms with van der Waals surface area (Å²) in [6.45, 7) is 4.96. The van der Waals surface area contributed by atoms with Crippen LogP contribution in [-0.4, -0.2) is 6.29 Å². The van der Waals surface area contributed by atoms with Crippen molar-refractivity contribution in [3.05, 3.63) is 166 Å². The molecule has 44 heavy (non-hydrogen) atoms. The molecule has 0 radical (unpaired) electrons. The highest BCUT2D eigenvalue weighted by Gasteiger charge is 2.33. The molecule has 2 atom stereocenters. The molecule has 5 rings (SSSR count). The molecule has 0 aliphatic carbocycles. The Kier molecular flexibility index (Phi) is 10.8. The first-order chi connectivity index (χ1) is 21.5. The third kappa shape index (κ3) is 8.10. The van der Waals surface area contributed by atoms with Crippen LogP contribution in [0.3, 0.4) is 0 Å². The maximum absolute atomic E-state index is 14.2. The van der Waals surface area contributed by atoms with Crippen molar-refractivity contribution in [2.24, 2.45) is 0 Å². The second-order valence-electron chi connectivity index (χ2n) is 11.6. The van der Waals surface area contributed by atoms with E-state index < -0.39 is 5.82 Å². The SMILES string of the molecule is CCCCC(C)(Pc1ccc(F)cc1C=O)c1cc(Cc2ccccc2)cc(Cc2ccccc2)c1OCc1ccccc1. The number of unbranched alkanes of at least 4 members (excludes halogenated alkanes) is 1. The van der Waals surface area contributed by atoms with Gasteiger partial charge in [-0.2, -0.15) is 0 Å². The lowest BCUT2D eigenvalue weighted by atomic mass is 9.87. The van der Waals surface area contributed by atoms with E-state index in [1.807, 2.05) is 30.3 Å². The summed E-state index contributed by atoms with van der Waals surface area (Å²) in [5.41, 5.74) is 7.53. The Morgan fingerprint density at radius 2 is 1.36 bits per heavy atom. The topological polar surface area (TPSA) is 26.3 Å². The van der Waals surface area contributed by atoms with Gasteiger partial charge in [0.2, 0.25) is 0 Å². The first kappa shape index (κ1) is 31.4. The molecule has 0 aliphatic rings. The smallest absolute Gasteiger partial charge is 0.150 e. The Morgan fingerprint density at radius 1 is 0.750 bits per heavy atom. The second kappa shape index (κ2) is 15.1. The van der Waals surface area contributed by atoms with Crippen molar-refractivity contribution >= 4 is 20.2 Å². The molecule has 0 amide bonds. The van der Waals surface area contributed by atoms with Crippen LogP contribution in [0.25, 0.3) is 0 Å². The molecule has 4 heteroatoms. The summed E-state index contributed by atoms with van der Waals surface area (Å²) in [4.78, 5) is 12.1. The van der Waals surface area contributed by atoms with Crippen LogP contribution in [0.15, 0.2) is 121 Å². The molecular weight excluding hydrogens is 562 g/mol. The highest BCUT2D eigenvalue weighted by Crippen LogP contribution is 2.50. The van der Waals surface area contributed by atoms with Gasteiger partial charge >= 0.3 is 0 Å². The van der Waals surface area contributed by atoms with Crippen LogP contribution in [0.2, 0.25) is 0 Å². The molecule has 5 aromatic rings.